The van der Waals surface area contributed by atoms with Gasteiger partial charge < -0.3 is 10.2 Å². The van der Waals surface area contributed by atoms with Crippen molar-refractivity contribution < 1.29 is 4.79 Å². The maximum atomic E-state index is 12.8. The van der Waals surface area contributed by atoms with Crippen molar-refractivity contribution >= 4 is 30.1 Å². The molecular weight excluding hydrogens is 304 g/mol. The molecule has 2 saturated heterocycles. The fourth-order valence-corrected chi connectivity index (χ4v) is 5.07. The molecule has 0 bridgehead atoms. The van der Waals surface area contributed by atoms with E-state index in [-0.39, 0.29) is 18.3 Å². The molecule has 1 aromatic rings. The van der Waals surface area contributed by atoms with Gasteiger partial charge in [-0.05, 0) is 31.0 Å². The number of nitrogens with zero attached hydrogens (tertiary/aromatic N) is 1. The predicted molar refractivity (Wildman–Crippen MR) is 88.3 cm³/mol. The van der Waals surface area contributed by atoms with Gasteiger partial charge in [0, 0.05) is 35.7 Å². The Bertz CT molecular complexity index is 545. The van der Waals surface area contributed by atoms with Crippen LogP contribution in [0.25, 0.3) is 0 Å². The summed E-state index contributed by atoms with van der Waals surface area (Å²) < 4.78 is 0. The number of carbonyl (C=O) groups excluding carboxylic acids is 1. The molecule has 21 heavy (non-hydrogen) atoms. The van der Waals surface area contributed by atoms with Gasteiger partial charge in [0.05, 0.1) is 5.92 Å². The highest BCUT2D eigenvalue weighted by atomic mass is 35.5. The Morgan fingerprint density at radius 2 is 2.19 bits per heavy atom. The molecule has 1 spiro atoms. The average molecular weight is 325 g/mol. The second kappa shape index (κ2) is 5.82. The summed E-state index contributed by atoms with van der Waals surface area (Å²) in [5.74, 6) is 1.35. The van der Waals surface area contributed by atoms with Crippen LogP contribution in [-0.2, 0) is 4.79 Å². The third kappa shape index (κ3) is 2.58. The molecular formula is C16H21ClN2OS. The Morgan fingerprint density at radius 1 is 1.33 bits per heavy atom. The number of likely N-dealkylation sites (tertiary alicyclic amines) is 1. The summed E-state index contributed by atoms with van der Waals surface area (Å²) in [6.45, 7) is 4.11. The Hall–Kier alpha value is -0.710. The number of halogens is 1. The number of amides is 1. The van der Waals surface area contributed by atoms with Crippen molar-refractivity contribution in [1.82, 2.24) is 10.2 Å². The molecule has 0 radical (unpaired) electrons. The molecule has 1 N–H and O–H groups in total. The first-order valence-electron chi connectivity index (χ1n) is 7.49. The van der Waals surface area contributed by atoms with E-state index >= 15 is 0 Å². The van der Waals surface area contributed by atoms with Gasteiger partial charge in [-0.2, -0.15) is 0 Å². The monoisotopic (exact) mass is 324 g/mol. The van der Waals surface area contributed by atoms with Crippen LogP contribution in [0.2, 0.25) is 0 Å². The van der Waals surface area contributed by atoms with E-state index in [0.717, 1.165) is 31.9 Å². The minimum absolute atomic E-state index is 0. The topological polar surface area (TPSA) is 32.3 Å². The quantitative estimate of drug-likeness (QED) is 0.861. The minimum Gasteiger partial charge on any atom is -0.342 e. The van der Waals surface area contributed by atoms with E-state index in [2.05, 4.69) is 34.5 Å². The van der Waals surface area contributed by atoms with Crippen molar-refractivity contribution in [3.8, 4) is 0 Å². The maximum absolute atomic E-state index is 12.8. The Kier molecular flexibility index (Phi) is 4.21. The van der Waals surface area contributed by atoms with Crippen LogP contribution in [-0.4, -0.2) is 42.7 Å². The maximum Gasteiger partial charge on any atom is 0.231 e. The van der Waals surface area contributed by atoms with Gasteiger partial charge in [0.25, 0.3) is 0 Å². The molecule has 114 valence electrons. The second-order valence-corrected chi connectivity index (χ2v) is 7.40. The lowest BCUT2D eigenvalue weighted by atomic mass is 9.86. The molecule has 0 aromatic heterocycles. The zero-order chi connectivity index (χ0) is 13.6. The smallest absolute Gasteiger partial charge is 0.231 e. The van der Waals surface area contributed by atoms with Gasteiger partial charge in [-0.15, -0.1) is 24.2 Å². The zero-order valence-electron chi connectivity index (χ0n) is 12.0. The second-order valence-electron chi connectivity index (χ2n) is 6.34. The first kappa shape index (κ1) is 15.2. The van der Waals surface area contributed by atoms with Crippen LogP contribution in [0.5, 0.6) is 0 Å². The van der Waals surface area contributed by atoms with Crippen molar-refractivity contribution in [2.24, 2.45) is 5.41 Å². The van der Waals surface area contributed by atoms with E-state index in [4.69, 9.17) is 0 Å². The Morgan fingerprint density at radius 3 is 3.00 bits per heavy atom. The van der Waals surface area contributed by atoms with Crippen molar-refractivity contribution in [1.29, 1.82) is 0 Å². The van der Waals surface area contributed by atoms with Crippen molar-refractivity contribution in [3.63, 3.8) is 0 Å². The number of benzene rings is 1. The normalized spacial score (nSPS) is 30.5. The van der Waals surface area contributed by atoms with Gasteiger partial charge in [0.1, 0.15) is 0 Å². The fourth-order valence-electron chi connectivity index (χ4n) is 3.85. The van der Waals surface area contributed by atoms with Crippen molar-refractivity contribution in [2.75, 3.05) is 31.9 Å². The average Bonchev–Trinajstić information content (AvgIpc) is 3.20. The van der Waals surface area contributed by atoms with Gasteiger partial charge in [0.2, 0.25) is 5.91 Å². The third-order valence-corrected chi connectivity index (χ3v) is 6.26. The van der Waals surface area contributed by atoms with Crippen LogP contribution in [0.3, 0.4) is 0 Å². The molecule has 3 heterocycles. The molecule has 0 saturated carbocycles. The summed E-state index contributed by atoms with van der Waals surface area (Å²) in [4.78, 5) is 16.3. The molecule has 2 atom stereocenters. The highest BCUT2D eigenvalue weighted by Crippen LogP contribution is 2.42. The first-order chi connectivity index (χ1) is 9.77. The molecule has 2 unspecified atom stereocenters. The summed E-state index contributed by atoms with van der Waals surface area (Å²) in [7, 11) is 0. The third-order valence-electron chi connectivity index (χ3n) is 5.08. The number of thioether (sulfide) groups is 1. The van der Waals surface area contributed by atoms with Crippen LogP contribution in [0.15, 0.2) is 29.2 Å². The lowest BCUT2D eigenvalue weighted by Crippen LogP contribution is -2.36. The molecule has 3 aliphatic heterocycles. The van der Waals surface area contributed by atoms with Crippen molar-refractivity contribution in [2.45, 2.75) is 23.7 Å². The molecule has 0 aliphatic carbocycles. The number of nitrogens with one attached hydrogen (secondary N) is 1. The molecule has 3 nitrogen and oxygen atoms in total. The van der Waals surface area contributed by atoms with E-state index < -0.39 is 0 Å². The van der Waals surface area contributed by atoms with Crippen LogP contribution in [0.1, 0.15) is 24.3 Å². The highest BCUT2D eigenvalue weighted by molar-refractivity contribution is 7.99. The van der Waals surface area contributed by atoms with Gasteiger partial charge in [-0.1, -0.05) is 18.2 Å². The number of rotatable bonds is 1. The Labute approximate surface area is 136 Å². The first-order valence-corrected chi connectivity index (χ1v) is 8.47. The molecule has 5 heteroatoms. The number of hydrogen-bond acceptors (Lipinski definition) is 3. The van der Waals surface area contributed by atoms with Gasteiger partial charge >= 0.3 is 0 Å². The zero-order valence-corrected chi connectivity index (χ0v) is 13.6. The molecule has 2 fully saturated rings. The van der Waals surface area contributed by atoms with Gasteiger partial charge in [-0.3, -0.25) is 4.79 Å². The summed E-state index contributed by atoms with van der Waals surface area (Å²) >= 11 is 1.83. The lowest BCUT2D eigenvalue weighted by Gasteiger charge is -2.24. The lowest BCUT2D eigenvalue weighted by molar-refractivity contribution is -0.131. The molecule has 1 aromatic carbocycles. The summed E-state index contributed by atoms with van der Waals surface area (Å²) in [5.41, 5.74) is 1.62. The number of hydrogen-bond donors (Lipinski definition) is 1. The van der Waals surface area contributed by atoms with Crippen LogP contribution >= 0.6 is 24.2 Å². The van der Waals surface area contributed by atoms with E-state index in [9.17, 15) is 4.79 Å². The largest absolute Gasteiger partial charge is 0.342 e. The molecule has 1 amide bonds. The summed E-state index contributed by atoms with van der Waals surface area (Å²) in [6.07, 6.45) is 2.40. The standard InChI is InChI=1S/C16H20N2OS.ClH/c19-15(13-9-20-14-4-2-1-3-12(13)14)18-8-6-16(11-18)5-7-17-10-16;/h1-4,13,17H,5-11H2;1H. The van der Waals surface area contributed by atoms with Crippen molar-refractivity contribution in [3.05, 3.63) is 29.8 Å². The summed E-state index contributed by atoms with van der Waals surface area (Å²) in [6, 6.07) is 8.38. The number of fused-ring (bicyclic) bond motifs is 1. The van der Waals surface area contributed by atoms with E-state index in [1.807, 2.05) is 11.8 Å². The molecule has 3 aliphatic rings. The SMILES string of the molecule is Cl.O=C(C1CSc2ccccc21)N1CCC2(CCNC2)C1. The minimum atomic E-state index is 0. The number of carbonyl (C=O) groups is 1. The van der Waals surface area contributed by atoms with E-state index in [0.29, 0.717) is 11.3 Å². The molecule has 4 rings (SSSR count). The highest BCUT2D eigenvalue weighted by Gasteiger charge is 2.44. The van der Waals surface area contributed by atoms with Gasteiger partial charge in [0.15, 0.2) is 0 Å². The predicted octanol–water partition coefficient (Wildman–Crippen LogP) is 2.51. The Balaban J connectivity index is 0.00000132. The van der Waals surface area contributed by atoms with E-state index in [1.165, 1.54) is 23.3 Å². The fraction of sp³-hybridized carbons (Fsp3) is 0.562. The van der Waals surface area contributed by atoms with Crippen LogP contribution in [0, 0.1) is 5.41 Å². The van der Waals surface area contributed by atoms with Crippen LogP contribution < -0.4 is 5.32 Å². The summed E-state index contributed by atoms with van der Waals surface area (Å²) in [5, 5.41) is 3.46. The van der Waals surface area contributed by atoms with Crippen LogP contribution in [0.4, 0.5) is 0 Å². The van der Waals surface area contributed by atoms with Gasteiger partial charge in [-0.25, -0.2) is 0 Å². The van der Waals surface area contributed by atoms with E-state index in [1.54, 1.807) is 0 Å².